The number of hydrogen-bond acceptors (Lipinski definition) is 5. The van der Waals surface area contributed by atoms with Gasteiger partial charge in [-0.15, -0.1) is 0 Å². The molecule has 0 fully saturated rings. The van der Waals surface area contributed by atoms with Crippen molar-refractivity contribution < 1.29 is 28.9 Å². The average Bonchev–Trinajstić information content (AvgIpc) is 3.10. The van der Waals surface area contributed by atoms with E-state index in [1.54, 1.807) is 18.2 Å². The van der Waals surface area contributed by atoms with E-state index in [1.807, 2.05) is 24.3 Å². The van der Waals surface area contributed by atoms with Crippen molar-refractivity contribution in [1.29, 1.82) is 0 Å². The van der Waals surface area contributed by atoms with Gasteiger partial charge in [-0.3, -0.25) is 9.59 Å². The SMILES string of the molecule is COc1ccc(C(CC(=O)O)NC(=O)C2COc3ccccc32)cc1OC. The Morgan fingerprint density at radius 3 is 2.63 bits per heavy atom. The van der Waals surface area contributed by atoms with Crippen molar-refractivity contribution in [2.75, 3.05) is 20.8 Å². The molecule has 1 aliphatic heterocycles. The van der Waals surface area contributed by atoms with Gasteiger partial charge in [0, 0.05) is 5.56 Å². The Hall–Kier alpha value is -3.22. The predicted molar refractivity (Wildman–Crippen MR) is 97.4 cm³/mol. The Labute approximate surface area is 156 Å². The minimum absolute atomic E-state index is 0.233. The number of rotatable bonds is 7. The number of hydrogen-bond donors (Lipinski definition) is 2. The lowest BCUT2D eigenvalue weighted by molar-refractivity contribution is -0.137. The number of carboxylic acids is 1. The maximum absolute atomic E-state index is 12.8. The lowest BCUT2D eigenvalue weighted by Crippen LogP contribution is -2.34. The molecule has 27 heavy (non-hydrogen) atoms. The van der Waals surface area contributed by atoms with E-state index >= 15 is 0 Å². The van der Waals surface area contributed by atoms with Crippen molar-refractivity contribution in [1.82, 2.24) is 5.32 Å². The second-order valence-corrected chi connectivity index (χ2v) is 6.17. The van der Waals surface area contributed by atoms with Crippen molar-refractivity contribution in [3.63, 3.8) is 0 Å². The van der Waals surface area contributed by atoms with Crippen molar-refractivity contribution in [3.8, 4) is 17.2 Å². The van der Waals surface area contributed by atoms with E-state index in [-0.39, 0.29) is 18.9 Å². The zero-order valence-corrected chi connectivity index (χ0v) is 15.1. The molecular weight excluding hydrogens is 350 g/mol. The van der Waals surface area contributed by atoms with Gasteiger partial charge < -0.3 is 24.6 Å². The molecule has 0 saturated heterocycles. The molecule has 7 heteroatoms. The zero-order valence-electron chi connectivity index (χ0n) is 15.1. The molecule has 2 aromatic rings. The molecule has 0 bridgehead atoms. The first kappa shape index (κ1) is 18.6. The molecule has 0 aromatic heterocycles. The first-order chi connectivity index (χ1) is 13.0. The lowest BCUT2D eigenvalue weighted by Gasteiger charge is -2.21. The van der Waals surface area contributed by atoms with E-state index in [0.717, 1.165) is 5.56 Å². The predicted octanol–water partition coefficient (Wildman–Crippen LogP) is 2.51. The highest BCUT2D eigenvalue weighted by molar-refractivity contribution is 5.86. The van der Waals surface area contributed by atoms with Crippen LogP contribution in [0.1, 0.15) is 29.5 Å². The standard InChI is InChI=1S/C20H21NO6/c1-25-17-8-7-12(9-18(17)26-2)15(10-19(22)23)21-20(24)14-11-27-16-6-4-3-5-13(14)16/h3-9,14-15H,10-11H2,1-2H3,(H,21,24)(H,22,23). The van der Waals surface area contributed by atoms with Crippen LogP contribution >= 0.6 is 0 Å². The molecule has 0 spiro atoms. The molecule has 1 amide bonds. The van der Waals surface area contributed by atoms with Crippen LogP contribution in [0.25, 0.3) is 0 Å². The van der Waals surface area contributed by atoms with Gasteiger partial charge in [-0.05, 0) is 23.8 Å². The second kappa shape index (κ2) is 7.99. The number of aliphatic carboxylic acids is 1. The number of methoxy groups -OCH3 is 2. The largest absolute Gasteiger partial charge is 0.493 e. The summed E-state index contributed by atoms with van der Waals surface area (Å²) in [4.78, 5) is 24.1. The van der Waals surface area contributed by atoms with Gasteiger partial charge in [-0.25, -0.2) is 0 Å². The number of ether oxygens (including phenoxy) is 3. The van der Waals surface area contributed by atoms with Crippen LogP contribution in [-0.2, 0) is 9.59 Å². The summed E-state index contributed by atoms with van der Waals surface area (Å²) in [5, 5.41) is 12.1. The number of carboxylic acid groups (broad SMARTS) is 1. The molecule has 1 heterocycles. The van der Waals surface area contributed by atoms with E-state index in [9.17, 15) is 14.7 Å². The monoisotopic (exact) mass is 371 g/mol. The van der Waals surface area contributed by atoms with Crippen LogP contribution in [0.3, 0.4) is 0 Å². The van der Waals surface area contributed by atoms with Gasteiger partial charge in [-0.2, -0.15) is 0 Å². The Balaban J connectivity index is 1.84. The third kappa shape index (κ3) is 3.97. The lowest BCUT2D eigenvalue weighted by atomic mass is 9.98. The highest BCUT2D eigenvalue weighted by Gasteiger charge is 2.32. The van der Waals surface area contributed by atoms with E-state index < -0.39 is 17.9 Å². The van der Waals surface area contributed by atoms with Gasteiger partial charge in [-0.1, -0.05) is 24.3 Å². The van der Waals surface area contributed by atoms with Crippen molar-refractivity contribution in [3.05, 3.63) is 53.6 Å². The van der Waals surface area contributed by atoms with Gasteiger partial charge in [0.05, 0.1) is 26.7 Å². The summed E-state index contributed by atoms with van der Waals surface area (Å²) < 4.78 is 16.0. The number of benzene rings is 2. The zero-order chi connectivity index (χ0) is 19.4. The van der Waals surface area contributed by atoms with Gasteiger partial charge in [0.15, 0.2) is 11.5 Å². The summed E-state index contributed by atoms with van der Waals surface area (Å²) in [5.74, 6) is -0.0933. The second-order valence-electron chi connectivity index (χ2n) is 6.17. The summed E-state index contributed by atoms with van der Waals surface area (Å²) in [6, 6.07) is 11.7. The quantitative estimate of drug-likeness (QED) is 0.777. The van der Waals surface area contributed by atoms with Gasteiger partial charge in [0.25, 0.3) is 0 Å². The van der Waals surface area contributed by atoms with Gasteiger partial charge in [0.1, 0.15) is 18.3 Å². The number of amides is 1. The van der Waals surface area contributed by atoms with Crippen LogP contribution in [-0.4, -0.2) is 37.8 Å². The maximum atomic E-state index is 12.8. The van der Waals surface area contributed by atoms with Gasteiger partial charge >= 0.3 is 5.97 Å². The summed E-state index contributed by atoms with van der Waals surface area (Å²) in [5.41, 5.74) is 1.42. The Morgan fingerprint density at radius 1 is 1.19 bits per heavy atom. The molecule has 2 aromatic carbocycles. The van der Waals surface area contributed by atoms with E-state index in [0.29, 0.717) is 22.8 Å². The molecule has 1 aliphatic rings. The number of para-hydroxylation sites is 1. The van der Waals surface area contributed by atoms with Crippen LogP contribution in [0, 0.1) is 0 Å². The maximum Gasteiger partial charge on any atom is 0.305 e. The average molecular weight is 371 g/mol. The Morgan fingerprint density at radius 2 is 1.93 bits per heavy atom. The molecule has 0 radical (unpaired) electrons. The molecule has 2 N–H and O–H groups in total. The van der Waals surface area contributed by atoms with Crippen molar-refractivity contribution in [2.24, 2.45) is 0 Å². The molecule has 7 nitrogen and oxygen atoms in total. The topological polar surface area (TPSA) is 94.1 Å². The number of fused-ring (bicyclic) bond motifs is 1. The van der Waals surface area contributed by atoms with Crippen molar-refractivity contribution >= 4 is 11.9 Å². The van der Waals surface area contributed by atoms with Crippen LogP contribution in [0.5, 0.6) is 17.2 Å². The van der Waals surface area contributed by atoms with Crippen LogP contribution in [0.2, 0.25) is 0 Å². The molecule has 3 rings (SSSR count). The number of carbonyl (C=O) groups excluding carboxylic acids is 1. The summed E-state index contributed by atoms with van der Waals surface area (Å²) in [7, 11) is 3.02. The molecule has 2 unspecified atom stereocenters. The van der Waals surface area contributed by atoms with Gasteiger partial charge in [0.2, 0.25) is 5.91 Å². The highest BCUT2D eigenvalue weighted by atomic mass is 16.5. The normalized spacial score (nSPS) is 16.0. The van der Waals surface area contributed by atoms with Crippen molar-refractivity contribution in [2.45, 2.75) is 18.4 Å². The third-order valence-corrected chi connectivity index (χ3v) is 4.52. The number of carbonyl (C=O) groups is 2. The summed E-state index contributed by atoms with van der Waals surface area (Å²) in [6.07, 6.45) is -0.254. The van der Waals surface area contributed by atoms with E-state index in [4.69, 9.17) is 14.2 Å². The Kier molecular flexibility index (Phi) is 5.49. The first-order valence-electron chi connectivity index (χ1n) is 8.49. The molecule has 0 saturated carbocycles. The fourth-order valence-electron chi connectivity index (χ4n) is 3.15. The molecule has 2 atom stereocenters. The van der Waals surface area contributed by atoms with E-state index in [2.05, 4.69) is 5.32 Å². The molecule has 142 valence electrons. The first-order valence-corrected chi connectivity index (χ1v) is 8.49. The fraction of sp³-hybridized carbons (Fsp3) is 0.300. The van der Waals surface area contributed by atoms with E-state index in [1.165, 1.54) is 14.2 Å². The molecular formula is C20H21NO6. The van der Waals surface area contributed by atoms with Crippen LogP contribution < -0.4 is 19.5 Å². The van der Waals surface area contributed by atoms with Crippen LogP contribution in [0.4, 0.5) is 0 Å². The number of nitrogens with one attached hydrogen (secondary N) is 1. The Bertz CT molecular complexity index is 850. The smallest absolute Gasteiger partial charge is 0.305 e. The van der Waals surface area contributed by atoms with Crippen LogP contribution in [0.15, 0.2) is 42.5 Å². The highest BCUT2D eigenvalue weighted by Crippen LogP contribution is 2.35. The minimum atomic E-state index is -1.02. The molecule has 0 aliphatic carbocycles. The summed E-state index contributed by atoms with van der Waals surface area (Å²) >= 11 is 0. The fourth-order valence-corrected chi connectivity index (χ4v) is 3.15. The summed E-state index contributed by atoms with van der Waals surface area (Å²) in [6.45, 7) is 0.233. The third-order valence-electron chi connectivity index (χ3n) is 4.52. The minimum Gasteiger partial charge on any atom is -0.493 e.